The number of carbonyl (C=O) groups is 1. The third kappa shape index (κ3) is 3.21. The van der Waals surface area contributed by atoms with E-state index in [9.17, 15) is 4.79 Å². The van der Waals surface area contributed by atoms with Crippen LogP contribution in [0.25, 0.3) is 0 Å². The fourth-order valence-electron chi connectivity index (χ4n) is 1.51. The molecule has 0 radical (unpaired) electrons. The summed E-state index contributed by atoms with van der Waals surface area (Å²) in [5.74, 6) is -0.366. The highest BCUT2D eigenvalue weighted by Crippen LogP contribution is 2.34. The van der Waals surface area contributed by atoms with E-state index in [0.717, 1.165) is 0 Å². The van der Waals surface area contributed by atoms with Crippen molar-refractivity contribution in [3.8, 4) is 0 Å². The van der Waals surface area contributed by atoms with E-state index in [1.807, 2.05) is 5.38 Å². The first-order valence-corrected chi connectivity index (χ1v) is 7.27. The SMILES string of the molecule is CCOC(=O)c1cscc1Nc1c(Cl)cccc1Cl. The van der Waals surface area contributed by atoms with E-state index < -0.39 is 0 Å². The maximum atomic E-state index is 11.8. The zero-order valence-electron chi connectivity index (χ0n) is 10.1. The van der Waals surface area contributed by atoms with Crippen LogP contribution in [0.1, 0.15) is 17.3 Å². The van der Waals surface area contributed by atoms with Gasteiger partial charge in [-0.05, 0) is 19.1 Å². The van der Waals surface area contributed by atoms with Crippen molar-refractivity contribution in [2.45, 2.75) is 6.92 Å². The molecule has 0 saturated heterocycles. The lowest BCUT2D eigenvalue weighted by molar-refractivity contribution is 0.0528. The van der Waals surface area contributed by atoms with Crippen molar-refractivity contribution in [1.82, 2.24) is 0 Å². The number of anilines is 2. The van der Waals surface area contributed by atoms with Crippen LogP contribution in [0.4, 0.5) is 11.4 Å². The summed E-state index contributed by atoms with van der Waals surface area (Å²) in [6.07, 6.45) is 0. The summed E-state index contributed by atoms with van der Waals surface area (Å²) in [5, 5.41) is 7.60. The molecule has 0 bridgehead atoms. The van der Waals surface area contributed by atoms with Crippen LogP contribution in [0.3, 0.4) is 0 Å². The predicted octanol–water partition coefficient (Wildman–Crippen LogP) is 4.98. The van der Waals surface area contributed by atoms with E-state index in [4.69, 9.17) is 27.9 Å². The second-order valence-electron chi connectivity index (χ2n) is 3.64. The summed E-state index contributed by atoms with van der Waals surface area (Å²) >= 11 is 13.6. The number of carbonyl (C=O) groups excluding carboxylic acids is 1. The largest absolute Gasteiger partial charge is 0.462 e. The van der Waals surface area contributed by atoms with Gasteiger partial charge in [0.15, 0.2) is 0 Å². The lowest BCUT2D eigenvalue weighted by Gasteiger charge is -2.10. The van der Waals surface area contributed by atoms with Crippen LogP contribution in [0, 0.1) is 0 Å². The van der Waals surface area contributed by atoms with E-state index >= 15 is 0 Å². The monoisotopic (exact) mass is 315 g/mol. The summed E-state index contributed by atoms with van der Waals surface area (Å²) in [4.78, 5) is 11.8. The minimum atomic E-state index is -0.366. The Hall–Kier alpha value is -1.23. The molecule has 1 aromatic heterocycles. The smallest absolute Gasteiger partial charge is 0.341 e. The number of ether oxygens (including phenoxy) is 1. The minimum Gasteiger partial charge on any atom is -0.462 e. The van der Waals surface area contributed by atoms with Crippen molar-refractivity contribution in [3.63, 3.8) is 0 Å². The van der Waals surface area contributed by atoms with Crippen molar-refractivity contribution in [2.24, 2.45) is 0 Å². The second kappa shape index (κ2) is 6.28. The lowest BCUT2D eigenvalue weighted by atomic mass is 10.2. The molecule has 2 aromatic rings. The number of para-hydroxylation sites is 1. The molecular formula is C13H11Cl2NO2S. The van der Waals surface area contributed by atoms with Gasteiger partial charge in [0.05, 0.1) is 33.6 Å². The van der Waals surface area contributed by atoms with Gasteiger partial charge in [-0.1, -0.05) is 29.3 Å². The Labute approximate surface area is 125 Å². The van der Waals surface area contributed by atoms with Gasteiger partial charge in [0.2, 0.25) is 0 Å². The third-order valence-electron chi connectivity index (χ3n) is 2.38. The van der Waals surface area contributed by atoms with Crippen molar-refractivity contribution in [1.29, 1.82) is 0 Å². The molecule has 0 aliphatic rings. The zero-order valence-corrected chi connectivity index (χ0v) is 12.4. The van der Waals surface area contributed by atoms with Gasteiger partial charge in [-0.2, -0.15) is 0 Å². The van der Waals surface area contributed by atoms with Crippen LogP contribution >= 0.6 is 34.5 Å². The second-order valence-corrected chi connectivity index (χ2v) is 5.20. The van der Waals surface area contributed by atoms with Crippen LogP contribution < -0.4 is 5.32 Å². The average Bonchev–Trinajstić information content (AvgIpc) is 2.82. The molecule has 0 fully saturated rings. The Bertz CT molecular complexity index is 578. The topological polar surface area (TPSA) is 38.3 Å². The summed E-state index contributed by atoms with van der Waals surface area (Å²) in [7, 11) is 0. The first kappa shape index (κ1) is 14.2. The van der Waals surface area contributed by atoms with Gasteiger partial charge in [0, 0.05) is 10.8 Å². The third-order valence-corrected chi connectivity index (χ3v) is 3.75. The first-order valence-electron chi connectivity index (χ1n) is 5.57. The predicted molar refractivity (Wildman–Crippen MR) is 80.0 cm³/mol. The number of hydrogen-bond acceptors (Lipinski definition) is 4. The fraction of sp³-hybridized carbons (Fsp3) is 0.154. The number of nitrogens with one attached hydrogen (secondary N) is 1. The molecule has 0 spiro atoms. The molecule has 0 atom stereocenters. The molecule has 3 nitrogen and oxygen atoms in total. The summed E-state index contributed by atoms with van der Waals surface area (Å²) < 4.78 is 4.99. The van der Waals surface area contributed by atoms with Gasteiger partial charge in [0.25, 0.3) is 0 Å². The van der Waals surface area contributed by atoms with Crippen LogP contribution in [0.15, 0.2) is 29.0 Å². The molecule has 0 amide bonds. The van der Waals surface area contributed by atoms with Gasteiger partial charge in [0.1, 0.15) is 0 Å². The van der Waals surface area contributed by atoms with E-state index in [-0.39, 0.29) is 5.97 Å². The van der Waals surface area contributed by atoms with Gasteiger partial charge in [-0.3, -0.25) is 0 Å². The maximum Gasteiger partial charge on any atom is 0.341 e. The molecule has 100 valence electrons. The molecule has 0 saturated carbocycles. The molecule has 0 aliphatic carbocycles. The van der Waals surface area contributed by atoms with E-state index in [0.29, 0.717) is 33.6 Å². The number of benzene rings is 1. The molecule has 1 aromatic carbocycles. The Balaban J connectivity index is 2.30. The molecule has 19 heavy (non-hydrogen) atoms. The average molecular weight is 316 g/mol. The number of rotatable bonds is 4. The maximum absolute atomic E-state index is 11.8. The minimum absolute atomic E-state index is 0.334. The number of halogens is 2. The van der Waals surface area contributed by atoms with Gasteiger partial charge in [-0.25, -0.2) is 4.79 Å². The Kier molecular flexibility index (Phi) is 4.69. The van der Waals surface area contributed by atoms with Crippen LogP contribution in [-0.2, 0) is 4.74 Å². The quantitative estimate of drug-likeness (QED) is 0.809. The summed E-state index contributed by atoms with van der Waals surface area (Å²) in [6.45, 7) is 2.10. The van der Waals surface area contributed by atoms with Gasteiger partial charge in [-0.15, -0.1) is 11.3 Å². The van der Waals surface area contributed by atoms with Crippen molar-refractivity contribution in [2.75, 3.05) is 11.9 Å². The molecule has 0 unspecified atom stereocenters. The van der Waals surface area contributed by atoms with E-state index in [2.05, 4.69) is 5.32 Å². The molecule has 6 heteroatoms. The summed E-state index contributed by atoms with van der Waals surface area (Å²) in [5.41, 5.74) is 1.69. The summed E-state index contributed by atoms with van der Waals surface area (Å²) in [6, 6.07) is 5.22. The standard InChI is InChI=1S/C13H11Cl2NO2S/c1-2-18-13(17)8-6-19-7-11(8)16-12-9(14)4-3-5-10(12)15/h3-7,16H,2H2,1H3. The molecular weight excluding hydrogens is 305 g/mol. The first-order chi connectivity index (χ1) is 9.13. The molecule has 0 aliphatic heterocycles. The van der Waals surface area contributed by atoms with Crippen LogP contribution in [0.2, 0.25) is 10.0 Å². The molecule has 1 heterocycles. The lowest BCUT2D eigenvalue weighted by Crippen LogP contribution is -2.06. The van der Waals surface area contributed by atoms with Crippen LogP contribution in [0.5, 0.6) is 0 Å². The Morgan fingerprint density at radius 1 is 1.32 bits per heavy atom. The Morgan fingerprint density at radius 3 is 2.63 bits per heavy atom. The molecule has 1 N–H and O–H groups in total. The van der Waals surface area contributed by atoms with E-state index in [1.165, 1.54) is 11.3 Å². The Morgan fingerprint density at radius 2 is 2.00 bits per heavy atom. The highest BCUT2D eigenvalue weighted by atomic mass is 35.5. The van der Waals surface area contributed by atoms with Crippen molar-refractivity contribution >= 4 is 51.9 Å². The number of thiophene rings is 1. The normalized spacial score (nSPS) is 10.3. The van der Waals surface area contributed by atoms with Gasteiger partial charge >= 0.3 is 5.97 Å². The number of esters is 1. The van der Waals surface area contributed by atoms with Crippen LogP contribution in [-0.4, -0.2) is 12.6 Å². The highest BCUT2D eigenvalue weighted by molar-refractivity contribution is 7.08. The van der Waals surface area contributed by atoms with Crippen molar-refractivity contribution < 1.29 is 9.53 Å². The van der Waals surface area contributed by atoms with E-state index in [1.54, 1.807) is 30.5 Å². The highest BCUT2D eigenvalue weighted by Gasteiger charge is 2.15. The van der Waals surface area contributed by atoms with Gasteiger partial charge < -0.3 is 10.1 Å². The fourth-order valence-corrected chi connectivity index (χ4v) is 2.75. The van der Waals surface area contributed by atoms with Crippen molar-refractivity contribution in [3.05, 3.63) is 44.6 Å². The molecule has 2 rings (SSSR count). The zero-order chi connectivity index (χ0) is 13.8. The number of hydrogen-bond donors (Lipinski definition) is 1.